The Balaban J connectivity index is 1.62. The maximum Gasteiger partial charge on any atom is 0.279 e. The Morgan fingerprint density at radius 3 is 2.89 bits per heavy atom. The number of aryl methyl sites for hydroxylation is 1. The van der Waals surface area contributed by atoms with Crippen molar-refractivity contribution in [2.45, 2.75) is 26.8 Å². The Morgan fingerprint density at radius 2 is 2.19 bits per heavy atom. The molecule has 0 saturated carbocycles. The lowest BCUT2D eigenvalue weighted by molar-refractivity contribution is -0.907. The minimum absolute atomic E-state index is 0.0952. The number of aromatic nitrogens is 2. The van der Waals surface area contributed by atoms with Crippen LogP contribution in [0, 0.1) is 6.92 Å². The molecule has 1 atom stereocenters. The van der Waals surface area contributed by atoms with Gasteiger partial charge in [0.15, 0.2) is 13.1 Å². The monoisotopic (exact) mass is 405 g/mol. The van der Waals surface area contributed by atoms with Crippen LogP contribution in [0.4, 0.5) is 5.69 Å². The minimum Gasteiger partial charge on any atom is -0.414 e. The van der Waals surface area contributed by atoms with Crippen LogP contribution < -0.4 is 10.2 Å². The van der Waals surface area contributed by atoms with Gasteiger partial charge in [0.1, 0.15) is 0 Å². The van der Waals surface area contributed by atoms with Crippen molar-refractivity contribution >= 4 is 34.5 Å². The van der Waals surface area contributed by atoms with E-state index in [0.717, 1.165) is 28.3 Å². The number of carbonyl (C=O) groups is 1. The van der Waals surface area contributed by atoms with Crippen molar-refractivity contribution in [3.63, 3.8) is 0 Å². The van der Waals surface area contributed by atoms with Gasteiger partial charge in [0, 0.05) is 0 Å². The Bertz CT molecular complexity index is 895. The van der Waals surface area contributed by atoms with Gasteiger partial charge in [-0.15, -0.1) is 21.5 Å². The number of quaternary nitrogens is 1. The molecule has 0 saturated heterocycles. The zero-order valence-corrected chi connectivity index (χ0v) is 16.9. The predicted octanol–water partition coefficient (Wildman–Crippen LogP) is 3.19. The summed E-state index contributed by atoms with van der Waals surface area (Å²) < 4.78 is 5.75. The number of benzene rings is 1. The number of rotatable bonds is 8. The summed E-state index contributed by atoms with van der Waals surface area (Å²) in [5.74, 6) is 0.956. The van der Waals surface area contributed by atoms with Crippen LogP contribution in [0.2, 0.25) is 5.02 Å². The molecule has 8 heteroatoms. The summed E-state index contributed by atoms with van der Waals surface area (Å²) in [6, 6.07) is 9.46. The average molecular weight is 406 g/mol. The molecule has 3 rings (SSSR count). The molecular formula is C19H22ClN4O2S+. The minimum atomic E-state index is -0.0952. The van der Waals surface area contributed by atoms with E-state index in [-0.39, 0.29) is 5.91 Å². The highest BCUT2D eigenvalue weighted by Crippen LogP contribution is 2.23. The first-order chi connectivity index (χ1) is 13.0. The Morgan fingerprint density at radius 1 is 1.33 bits per heavy atom. The smallest absolute Gasteiger partial charge is 0.279 e. The first-order valence-electron chi connectivity index (χ1n) is 8.81. The van der Waals surface area contributed by atoms with Crippen molar-refractivity contribution in [3.8, 4) is 10.8 Å². The van der Waals surface area contributed by atoms with E-state index in [9.17, 15) is 4.79 Å². The highest BCUT2D eigenvalue weighted by molar-refractivity contribution is 7.13. The summed E-state index contributed by atoms with van der Waals surface area (Å²) in [5, 5.41) is 13.6. The highest BCUT2D eigenvalue weighted by atomic mass is 35.5. The molecule has 0 aliphatic rings. The van der Waals surface area contributed by atoms with E-state index < -0.39 is 0 Å². The van der Waals surface area contributed by atoms with Crippen LogP contribution in [0.1, 0.15) is 24.8 Å². The number of halogens is 1. The largest absolute Gasteiger partial charge is 0.414 e. The molecule has 142 valence electrons. The Kier molecular flexibility index (Phi) is 6.60. The lowest BCUT2D eigenvalue weighted by Crippen LogP contribution is -3.11. The topological polar surface area (TPSA) is 72.5 Å². The van der Waals surface area contributed by atoms with E-state index in [0.29, 0.717) is 35.6 Å². The van der Waals surface area contributed by atoms with Crippen LogP contribution in [0.25, 0.3) is 10.8 Å². The first kappa shape index (κ1) is 19.5. The average Bonchev–Trinajstić information content (AvgIpc) is 3.29. The summed E-state index contributed by atoms with van der Waals surface area (Å²) in [5.41, 5.74) is 1.68. The lowest BCUT2D eigenvalue weighted by atomic mass is 10.2. The molecule has 0 aliphatic carbocycles. The van der Waals surface area contributed by atoms with Crippen LogP contribution in [-0.4, -0.2) is 29.2 Å². The molecule has 0 bridgehead atoms. The second-order valence-electron chi connectivity index (χ2n) is 6.36. The Hall–Kier alpha value is -2.22. The highest BCUT2D eigenvalue weighted by Gasteiger charge is 2.19. The molecule has 27 heavy (non-hydrogen) atoms. The standard InChI is InChI=1S/C19H21ClN4O2S/c1-3-8-24(11-17(25)21-15-7-6-13(2)10-14(15)20)12-18-22-23-19(26-18)16-5-4-9-27-16/h4-7,9-10H,3,8,11-12H2,1-2H3,(H,21,25)/p+1. The van der Waals surface area contributed by atoms with Crippen LogP contribution in [0.15, 0.2) is 40.1 Å². The summed E-state index contributed by atoms with van der Waals surface area (Å²) in [7, 11) is 0. The number of thiophene rings is 1. The molecule has 1 aromatic carbocycles. The fourth-order valence-electron chi connectivity index (χ4n) is 2.77. The van der Waals surface area contributed by atoms with Gasteiger partial charge in [-0.3, -0.25) is 4.79 Å². The second kappa shape index (κ2) is 9.12. The molecule has 1 unspecified atom stereocenters. The lowest BCUT2D eigenvalue weighted by Gasteiger charge is -2.17. The van der Waals surface area contributed by atoms with Gasteiger partial charge in [-0.1, -0.05) is 30.7 Å². The van der Waals surface area contributed by atoms with Crippen molar-refractivity contribution < 1.29 is 14.1 Å². The SMILES string of the molecule is CCC[NH+](CC(=O)Nc1ccc(C)cc1Cl)Cc1nnc(-c2cccs2)o1. The summed E-state index contributed by atoms with van der Waals surface area (Å²) in [6.45, 7) is 5.67. The molecule has 1 amide bonds. The van der Waals surface area contributed by atoms with Crippen molar-refractivity contribution in [3.05, 3.63) is 52.2 Å². The van der Waals surface area contributed by atoms with Gasteiger partial charge in [0.25, 0.3) is 17.7 Å². The number of hydrogen-bond acceptors (Lipinski definition) is 5. The van der Waals surface area contributed by atoms with Crippen molar-refractivity contribution in [2.75, 3.05) is 18.4 Å². The van der Waals surface area contributed by atoms with Gasteiger partial charge in [-0.2, -0.15) is 0 Å². The zero-order valence-electron chi connectivity index (χ0n) is 15.3. The van der Waals surface area contributed by atoms with E-state index >= 15 is 0 Å². The molecule has 0 aliphatic heterocycles. The van der Waals surface area contributed by atoms with Crippen molar-refractivity contribution in [1.82, 2.24) is 10.2 Å². The van der Waals surface area contributed by atoms with E-state index in [1.54, 1.807) is 11.3 Å². The molecule has 6 nitrogen and oxygen atoms in total. The molecule has 0 radical (unpaired) electrons. The molecule has 0 fully saturated rings. The fraction of sp³-hybridized carbons (Fsp3) is 0.316. The van der Waals surface area contributed by atoms with E-state index in [1.165, 1.54) is 0 Å². The van der Waals surface area contributed by atoms with Gasteiger partial charge in [0.05, 0.1) is 22.1 Å². The quantitative estimate of drug-likeness (QED) is 0.603. The summed E-state index contributed by atoms with van der Waals surface area (Å²) in [4.78, 5) is 14.5. The van der Waals surface area contributed by atoms with Crippen molar-refractivity contribution in [1.29, 1.82) is 0 Å². The fourth-order valence-corrected chi connectivity index (χ4v) is 3.70. The van der Waals surface area contributed by atoms with Gasteiger partial charge in [-0.05, 0) is 42.5 Å². The van der Waals surface area contributed by atoms with Crippen molar-refractivity contribution in [2.24, 2.45) is 0 Å². The molecule has 0 spiro atoms. The number of anilines is 1. The van der Waals surface area contributed by atoms with Crippen LogP contribution in [-0.2, 0) is 11.3 Å². The van der Waals surface area contributed by atoms with Gasteiger partial charge in [-0.25, -0.2) is 0 Å². The zero-order chi connectivity index (χ0) is 19.2. The van der Waals surface area contributed by atoms with Crippen LogP contribution >= 0.6 is 22.9 Å². The first-order valence-corrected chi connectivity index (χ1v) is 10.1. The third-order valence-electron chi connectivity index (χ3n) is 4.01. The van der Waals surface area contributed by atoms with E-state index in [1.807, 2.05) is 42.6 Å². The third-order valence-corrected chi connectivity index (χ3v) is 5.18. The van der Waals surface area contributed by atoms with E-state index in [2.05, 4.69) is 22.4 Å². The number of nitrogens with one attached hydrogen (secondary N) is 2. The number of carbonyl (C=O) groups excluding carboxylic acids is 1. The van der Waals surface area contributed by atoms with Gasteiger partial charge < -0.3 is 14.6 Å². The summed E-state index contributed by atoms with van der Waals surface area (Å²) in [6.07, 6.45) is 0.944. The number of nitrogens with zero attached hydrogens (tertiary/aromatic N) is 2. The maximum atomic E-state index is 12.5. The molecule has 2 N–H and O–H groups in total. The predicted molar refractivity (Wildman–Crippen MR) is 107 cm³/mol. The molecule has 3 aromatic rings. The van der Waals surface area contributed by atoms with Gasteiger partial charge in [0.2, 0.25) is 0 Å². The number of amides is 1. The summed E-state index contributed by atoms with van der Waals surface area (Å²) >= 11 is 7.75. The molecule has 2 heterocycles. The third kappa shape index (κ3) is 5.38. The number of hydrogen-bond donors (Lipinski definition) is 2. The molecular weight excluding hydrogens is 384 g/mol. The van der Waals surface area contributed by atoms with Gasteiger partial charge >= 0.3 is 0 Å². The van der Waals surface area contributed by atoms with E-state index in [4.69, 9.17) is 16.0 Å². The van der Waals surface area contributed by atoms with Crippen LogP contribution in [0.5, 0.6) is 0 Å². The maximum absolute atomic E-state index is 12.5. The Labute approximate surface area is 167 Å². The molecule has 2 aromatic heterocycles. The van der Waals surface area contributed by atoms with Crippen LogP contribution in [0.3, 0.4) is 0 Å². The normalized spacial score (nSPS) is 12.1. The second-order valence-corrected chi connectivity index (χ2v) is 7.72.